The molecule has 1 N–H and O–H groups in total. The number of carboxylic acids is 1. The number of nitrogens with zero attached hydrogens (tertiary/aromatic N) is 1. The first-order valence-electron chi connectivity index (χ1n) is 11.0. The van der Waals surface area contributed by atoms with Crippen LogP contribution < -0.4 is 49.5 Å². The van der Waals surface area contributed by atoms with Gasteiger partial charge in [-0.1, -0.05) is 38.8 Å². The summed E-state index contributed by atoms with van der Waals surface area (Å²) in [5, 5.41) is 14.1. The summed E-state index contributed by atoms with van der Waals surface area (Å²) in [4.78, 5) is 39.4. The zero-order chi connectivity index (χ0) is 23.7. The maximum atomic E-state index is 13.6. The van der Waals surface area contributed by atoms with Crippen LogP contribution in [0.15, 0.2) is 24.3 Å². The van der Waals surface area contributed by atoms with Crippen LogP contribution in [0.1, 0.15) is 53.4 Å². The van der Waals surface area contributed by atoms with Gasteiger partial charge in [0.15, 0.2) is 17.1 Å². The second-order valence-electron chi connectivity index (χ2n) is 8.78. The van der Waals surface area contributed by atoms with Crippen LogP contribution >= 0.6 is 11.8 Å². The van der Waals surface area contributed by atoms with E-state index in [4.69, 9.17) is 9.47 Å². The SMILES string of the molecule is CCCC(CCC)(Oc1ccccc1OC)C(=O)N[C@@H]1C(=O)N2[C@@H]1SC(C)(C)[C@@H]2C(=O)[O-].[Na+]. The molecule has 2 aliphatic heterocycles. The monoisotopic (exact) mass is 486 g/mol. The summed E-state index contributed by atoms with van der Waals surface area (Å²) in [6.45, 7) is 7.48. The van der Waals surface area contributed by atoms with Crippen LogP contribution in [0.5, 0.6) is 11.5 Å². The number of nitrogens with one attached hydrogen (secondary N) is 1. The number of hydrogen-bond donors (Lipinski definition) is 1. The van der Waals surface area contributed by atoms with E-state index in [2.05, 4.69) is 5.32 Å². The number of hydrogen-bond acceptors (Lipinski definition) is 7. The Labute approximate surface area is 221 Å². The second-order valence-corrected chi connectivity index (χ2v) is 10.5. The van der Waals surface area contributed by atoms with E-state index in [1.165, 1.54) is 23.8 Å². The molecule has 2 aliphatic rings. The third-order valence-electron chi connectivity index (χ3n) is 6.05. The minimum absolute atomic E-state index is 0. The number of para-hydroxylation sites is 2. The van der Waals surface area contributed by atoms with Gasteiger partial charge < -0.3 is 29.6 Å². The molecular weight excluding hydrogens is 455 g/mol. The van der Waals surface area contributed by atoms with E-state index in [-0.39, 0.29) is 35.5 Å². The number of rotatable bonds is 10. The van der Waals surface area contributed by atoms with Gasteiger partial charge in [0.1, 0.15) is 11.4 Å². The summed E-state index contributed by atoms with van der Waals surface area (Å²) < 4.78 is 11.0. The molecule has 2 fully saturated rings. The van der Waals surface area contributed by atoms with E-state index in [1.54, 1.807) is 26.0 Å². The third kappa shape index (κ3) is 5.16. The Morgan fingerprint density at radius 2 is 1.76 bits per heavy atom. The van der Waals surface area contributed by atoms with Crippen molar-refractivity contribution in [3.63, 3.8) is 0 Å². The van der Waals surface area contributed by atoms with Crippen molar-refractivity contribution in [1.29, 1.82) is 0 Å². The number of carbonyl (C=O) groups excluding carboxylic acids is 3. The van der Waals surface area contributed by atoms with E-state index >= 15 is 0 Å². The number of ether oxygens (including phenoxy) is 2. The van der Waals surface area contributed by atoms with Crippen LogP contribution in [-0.2, 0) is 14.4 Å². The van der Waals surface area contributed by atoms with E-state index in [0.717, 1.165) is 0 Å². The molecule has 10 heteroatoms. The Balaban J connectivity index is 0.00000385. The molecule has 2 heterocycles. The quantitative estimate of drug-likeness (QED) is 0.324. The maximum Gasteiger partial charge on any atom is 1.00 e. The number of benzene rings is 1. The Kier molecular flexibility index (Phi) is 9.18. The number of fused-ring (bicyclic) bond motifs is 1. The van der Waals surface area contributed by atoms with Gasteiger partial charge in [-0.3, -0.25) is 9.59 Å². The average Bonchev–Trinajstić information content (AvgIpc) is 3.00. The van der Waals surface area contributed by atoms with Crippen molar-refractivity contribution >= 4 is 29.5 Å². The molecule has 1 aromatic rings. The van der Waals surface area contributed by atoms with Crippen LogP contribution in [-0.4, -0.2) is 57.6 Å². The largest absolute Gasteiger partial charge is 1.00 e. The summed E-state index contributed by atoms with van der Waals surface area (Å²) in [5.74, 6) is -1.08. The number of carbonyl (C=O) groups is 3. The van der Waals surface area contributed by atoms with Crippen LogP contribution in [0, 0.1) is 0 Å². The Morgan fingerprint density at radius 1 is 1.18 bits per heavy atom. The zero-order valence-corrected chi connectivity index (χ0v) is 23.0. The van der Waals surface area contributed by atoms with Gasteiger partial charge >= 0.3 is 29.6 Å². The van der Waals surface area contributed by atoms with Gasteiger partial charge in [0.25, 0.3) is 5.91 Å². The topological polar surface area (TPSA) is 108 Å². The summed E-state index contributed by atoms with van der Waals surface area (Å²) in [6.07, 6.45) is 2.32. The van der Waals surface area contributed by atoms with Crippen LogP contribution in [0.2, 0.25) is 0 Å². The van der Waals surface area contributed by atoms with E-state index in [1.807, 2.05) is 26.0 Å². The van der Waals surface area contributed by atoms with Crippen molar-refractivity contribution in [3.8, 4) is 11.5 Å². The van der Waals surface area contributed by atoms with E-state index < -0.39 is 39.7 Å². The van der Waals surface area contributed by atoms with E-state index in [9.17, 15) is 19.5 Å². The fourth-order valence-electron chi connectivity index (χ4n) is 4.62. The van der Waals surface area contributed by atoms with Crippen molar-refractivity contribution in [2.24, 2.45) is 0 Å². The smallest absolute Gasteiger partial charge is 0.548 e. The van der Waals surface area contributed by atoms with Crippen molar-refractivity contribution in [1.82, 2.24) is 10.2 Å². The molecule has 2 amide bonds. The Bertz CT molecular complexity index is 889. The fourth-order valence-corrected chi connectivity index (χ4v) is 6.24. The van der Waals surface area contributed by atoms with E-state index in [0.29, 0.717) is 37.2 Å². The molecule has 1 aromatic carbocycles. The molecule has 3 rings (SSSR count). The van der Waals surface area contributed by atoms with Crippen molar-refractivity contribution in [2.45, 2.75) is 81.2 Å². The summed E-state index contributed by atoms with van der Waals surface area (Å²) in [7, 11) is 1.54. The van der Waals surface area contributed by atoms with Crippen molar-refractivity contribution in [3.05, 3.63) is 24.3 Å². The number of thioether (sulfide) groups is 1. The average molecular weight is 487 g/mol. The number of β-lactam (4-membered cyclic amide) rings is 1. The molecule has 0 radical (unpaired) electrons. The first-order valence-corrected chi connectivity index (χ1v) is 11.8. The van der Waals surface area contributed by atoms with Crippen LogP contribution in [0.3, 0.4) is 0 Å². The molecule has 0 saturated carbocycles. The molecule has 0 aromatic heterocycles. The van der Waals surface area contributed by atoms with Gasteiger partial charge in [-0.2, -0.15) is 0 Å². The van der Waals surface area contributed by atoms with Gasteiger partial charge in [0, 0.05) is 4.75 Å². The third-order valence-corrected chi connectivity index (χ3v) is 7.62. The summed E-state index contributed by atoms with van der Waals surface area (Å²) in [6, 6.07) is 5.32. The number of aliphatic carboxylic acids is 1. The molecule has 33 heavy (non-hydrogen) atoms. The molecule has 176 valence electrons. The maximum absolute atomic E-state index is 13.6. The fraction of sp³-hybridized carbons (Fsp3) is 0.609. The number of methoxy groups -OCH3 is 1. The number of amides is 2. The predicted octanol–water partition coefficient (Wildman–Crippen LogP) is -1.29. The molecule has 8 nitrogen and oxygen atoms in total. The van der Waals surface area contributed by atoms with Crippen LogP contribution in [0.4, 0.5) is 0 Å². The van der Waals surface area contributed by atoms with Crippen LogP contribution in [0.25, 0.3) is 0 Å². The Morgan fingerprint density at radius 3 is 2.27 bits per heavy atom. The number of carboxylic acid groups (broad SMARTS) is 1. The summed E-state index contributed by atoms with van der Waals surface area (Å²) >= 11 is 1.36. The minimum atomic E-state index is -1.28. The predicted molar refractivity (Wildman–Crippen MR) is 119 cm³/mol. The second kappa shape index (κ2) is 10.9. The first kappa shape index (κ1) is 27.8. The van der Waals surface area contributed by atoms with Crippen molar-refractivity contribution in [2.75, 3.05) is 7.11 Å². The van der Waals surface area contributed by atoms with Gasteiger partial charge in [-0.25, -0.2) is 0 Å². The first-order chi connectivity index (χ1) is 15.1. The molecule has 2 saturated heterocycles. The van der Waals surface area contributed by atoms with Gasteiger partial charge in [-0.05, 0) is 38.8 Å². The molecule has 0 unspecified atom stereocenters. The van der Waals surface area contributed by atoms with Gasteiger partial charge in [0.05, 0.1) is 19.1 Å². The minimum Gasteiger partial charge on any atom is -0.548 e. The van der Waals surface area contributed by atoms with Gasteiger partial charge in [0.2, 0.25) is 5.91 Å². The van der Waals surface area contributed by atoms with Crippen molar-refractivity contribution < 1.29 is 58.5 Å². The molecular formula is C23H31N2NaO6S. The van der Waals surface area contributed by atoms with Gasteiger partial charge in [-0.15, -0.1) is 11.8 Å². The molecule has 0 spiro atoms. The summed E-state index contributed by atoms with van der Waals surface area (Å²) in [5.41, 5.74) is -1.18. The standard InChI is InChI=1S/C23H32N2O6S.Na/c1-6-12-23(13-7-2,31-15-11-9-8-10-14(15)30-5)21(29)24-16-18(26)25-17(20(27)28)22(3,4)32-19(16)25;/h8-11,16-17,19H,6-7,12-13H2,1-5H3,(H,24,29)(H,27,28);/q;+1/p-1/t16-,17+,19-;/m1./s1. The molecule has 3 atom stereocenters. The Hall–Kier alpha value is -1.42. The normalized spacial score (nSPS) is 23.1. The molecule has 0 bridgehead atoms. The zero-order valence-electron chi connectivity index (χ0n) is 20.2. The molecule has 0 aliphatic carbocycles.